The summed E-state index contributed by atoms with van der Waals surface area (Å²) in [7, 11) is 1.57. The first-order valence-electron chi connectivity index (χ1n) is 6.34. The maximum Gasteiger partial charge on any atom is 0.270 e. The summed E-state index contributed by atoms with van der Waals surface area (Å²) in [5, 5.41) is 0. The molecule has 0 fully saturated rings. The highest BCUT2D eigenvalue weighted by Gasteiger charge is 2.25. The average molecular weight is 274 g/mol. The number of rotatable bonds is 5. The van der Waals surface area contributed by atoms with Gasteiger partial charge in [-0.1, -0.05) is 48.5 Å². The van der Waals surface area contributed by atoms with Crippen molar-refractivity contribution in [3.05, 3.63) is 71.8 Å². The molecule has 0 radical (unpaired) electrons. The molecule has 2 aromatic carbocycles. The first kappa shape index (κ1) is 14.3. The predicted octanol–water partition coefficient (Wildman–Crippen LogP) is 4.59. The highest BCUT2D eigenvalue weighted by Crippen LogP contribution is 2.23. The zero-order chi connectivity index (χ0) is 14.4. The van der Waals surface area contributed by atoms with E-state index in [9.17, 15) is 8.78 Å². The van der Waals surface area contributed by atoms with Crippen LogP contribution in [0.3, 0.4) is 0 Å². The van der Waals surface area contributed by atoms with Crippen molar-refractivity contribution in [3.63, 3.8) is 0 Å². The van der Waals surface area contributed by atoms with E-state index in [1.165, 1.54) is 6.08 Å². The maximum atomic E-state index is 13.8. The quantitative estimate of drug-likeness (QED) is 0.775. The second-order valence-electron chi connectivity index (χ2n) is 4.53. The summed E-state index contributed by atoms with van der Waals surface area (Å²) in [5.41, 5.74) is 1.34. The molecule has 2 aromatic rings. The Balaban J connectivity index is 2.04. The van der Waals surface area contributed by atoms with E-state index in [1.54, 1.807) is 55.6 Å². The van der Waals surface area contributed by atoms with Gasteiger partial charge in [0.2, 0.25) is 0 Å². The molecule has 0 heterocycles. The molecule has 0 bridgehead atoms. The number of hydrogen-bond acceptors (Lipinski definition) is 1. The van der Waals surface area contributed by atoms with Gasteiger partial charge in [0.25, 0.3) is 5.92 Å². The highest BCUT2D eigenvalue weighted by molar-refractivity contribution is 5.51. The molecule has 0 amide bonds. The van der Waals surface area contributed by atoms with E-state index < -0.39 is 5.92 Å². The van der Waals surface area contributed by atoms with Crippen molar-refractivity contribution in [3.8, 4) is 5.75 Å². The number of alkyl halides is 2. The van der Waals surface area contributed by atoms with Crippen molar-refractivity contribution in [1.29, 1.82) is 0 Å². The highest BCUT2D eigenvalue weighted by atomic mass is 19.3. The van der Waals surface area contributed by atoms with Crippen LogP contribution in [-0.4, -0.2) is 13.0 Å². The zero-order valence-corrected chi connectivity index (χ0v) is 11.2. The van der Waals surface area contributed by atoms with Gasteiger partial charge >= 0.3 is 0 Å². The fourth-order valence-corrected chi connectivity index (χ4v) is 1.86. The molecule has 2 rings (SSSR count). The summed E-state index contributed by atoms with van der Waals surface area (Å²) in [4.78, 5) is 0. The minimum Gasteiger partial charge on any atom is -0.497 e. The molecule has 0 spiro atoms. The van der Waals surface area contributed by atoms with E-state index in [4.69, 9.17) is 4.74 Å². The lowest BCUT2D eigenvalue weighted by molar-refractivity contribution is 0.0567. The van der Waals surface area contributed by atoms with E-state index in [2.05, 4.69) is 0 Å². The van der Waals surface area contributed by atoms with Crippen LogP contribution < -0.4 is 4.74 Å². The largest absolute Gasteiger partial charge is 0.497 e. The van der Waals surface area contributed by atoms with Crippen LogP contribution in [0.1, 0.15) is 11.1 Å². The molecule has 0 aliphatic heterocycles. The summed E-state index contributed by atoms with van der Waals surface area (Å²) in [5.74, 6) is -2.15. The summed E-state index contributed by atoms with van der Waals surface area (Å²) in [6.45, 7) is 0. The van der Waals surface area contributed by atoms with Crippen molar-refractivity contribution in [2.45, 2.75) is 12.3 Å². The Hall–Kier alpha value is -2.16. The van der Waals surface area contributed by atoms with Gasteiger partial charge < -0.3 is 4.74 Å². The summed E-state index contributed by atoms with van der Waals surface area (Å²) < 4.78 is 32.7. The smallest absolute Gasteiger partial charge is 0.270 e. The molecule has 0 saturated heterocycles. The summed E-state index contributed by atoms with van der Waals surface area (Å²) >= 11 is 0. The van der Waals surface area contributed by atoms with Gasteiger partial charge in [-0.05, 0) is 29.3 Å². The molecule has 0 aromatic heterocycles. The Labute approximate surface area is 117 Å². The second-order valence-corrected chi connectivity index (χ2v) is 4.53. The average Bonchev–Trinajstić information content (AvgIpc) is 2.46. The first-order chi connectivity index (χ1) is 9.59. The van der Waals surface area contributed by atoms with E-state index in [0.29, 0.717) is 11.3 Å². The first-order valence-corrected chi connectivity index (χ1v) is 6.34. The standard InChI is InChI=1S/C17H16F2O/c1-20-16-9-7-14(8-10-16)11-12-17(18,19)13-15-5-3-2-4-6-15/h2-12H,13H2,1H3/b12-11+. The van der Waals surface area contributed by atoms with Gasteiger partial charge in [-0.3, -0.25) is 0 Å². The molecule has 0 unspecified atom stereocenters. The lowest BCUT2D eigenvalue weighted by Gasteiger charge is -2.11. The molecule has 0 atom stereocenters. The Morgan fingerprint density at radius 3 is 2.25 bits per heavy atom. The van der Waals surface area contributed by atoms with E-state index in [0.717, 1.165) is 11.6 Å². The molecule has 0 aliphatic carbocycles. The third-order valence-electron chi connectivity index (χ3n) is 2.92. The lowest BCUT2D eigenvalue weighted by Crippen LogP contribution is -2.15. The molecule has 20 heavy (non-hydrogen) atoms. The second kappa shape index (κ2) is 6.33. The van der Waals surface area contributed by atoms with E-state index in [1.807, 2.05) is 6.07 Å². The monoisotopic (exact) mass is 274 g/mol. The van der Waals surface area contributed by atoms with Gasteiger partial charge in [-0.15, -0.1) is 0 Å². The van der Waals surface area contributed by atoms with Crippen LogP contribution in [0.4, 0.5) is 8.78 Å². The third-order valence-corrected chi connectivity index (χ3v) is 2.92. The fourth-order valence-electron chi connectivity index (χ4n) is 1.86. The molecule has 1 nitrogen and oxygen atoms in total. The van der Waals surface area contributed by atoms with E-state index in [-0.39, 0.29) is 6.42 Å². The molecule has 0 N–H and O–H groups in total. The minimum absolute atomic E-state index is 0.291. The lowest BCUT2D eigenvalue weighted by atomic mass is 10.1. The van der Waals surface area contributed by atoms with Crippen LogP contribution >= 0.6 is 0 Å². The van der Waals surface area contributed by atoms with Crippen LogP contribution in [0.25, 0.3) is 6.08 Å². The van der Waals surface area contributed by atoms with Gasteiger partial charge in [0, 0.05) is 6.42 Å². The number of halogens is 2. The van der Waals surface area contributed by atoms with Gasteiger partial charge in [0.15, 0.2) is 0 Å². The van der Waals surface area contributed by atoms with Gasteiger partial charge in [0.05, 0.1) is 7.11 Å². The Morgan fingerprint density at radius 1 is 1.00 bits per heavy atom. The molecule has 104 valence electrons. The topological polar surface area (TPSA) is 9.23 Å². The van der Waals surface area contributed by atoms with Crippen molar-refractivity contribution >= 4 is 6.08 Å². The molecular formula is C17H16F2O. The minimum atomic E-state index is -2.86. The molecule has 0 saturated carbocycles. The Morgan fingerprint density at radius 2 is 1.65 bits per heavy atom. The normalized spacial score (nSPS) is 11.8. The Bertz CT molecular complexity index is 559. The molecule has 0 aliphatic rings. The Kier molecular flexibility index (Phi) is 4.51. The summed E-state index contributed by atoms with van der Waals surface area (Å²) in [6.07, 6.45) is 2.09. The summed E-state index contributed by atoms with van der Waals surface area (Å²) in [6, 6.07) is 15.7. The van der Waals surface area contributed by atoms with Crippen LogP contribution in [0.15, 0.2) is 60.7 Å². The van der Waals surface area contributed by atoms with Crippen LogP contribution in [0, 0.1) is 0 Å². The number of methoxy groups -OCH3 is 1. The van der Waals surface area contributed by atoms with Crippen molar-refractivity contribution in [2.75, 3.05) is 7.11 Å². The fraction of sp³-hybridized carbons (Fsp3) is 0.176. The van der Waals surface area contributed by atoms with Gasteiger partial charge in [-0.25, -0.2) is 8.78 Å². The van der Waals surface area contributed by atoms with Crippen LogP contribution in [0.5, 0.6) is 5.75 Å². The zero-order valence-electron chi connectivity index (χ0n) is 11.2. The maximum absolute atomic E-state index is 13.8. The predicted molar refractivity (Wildman–Crippen MR) is 77.1 cm³/mol. The number of hydrogen-bond donors (Lipinski definition) is 0. The molecular weight excluding hydrogens is 258 g/mol. The number of allylic oxidation sites excluding steroid dienone is 1. The van der Waals surface area contributed by atoms with Crippen LogP contribution in [0.2, 0.25) is 0 Å². The van der Waals surface area contributed by atoms with Crippen LogP contribution in [-0.2, 0) is 6.42 Å². The van der Waals surface area contributed by atoms with Crippen molar-refractivity contribution in [1.82, 2.24) is 0 Å². The number of ether oxygens (including phenoxy) is 1. The van der Waals surface area contributed by atoms with Crippen molar-refractivity contribution in [2.24, 2.45) is 0 Å². The molecule has 3 heteroatoms. The van der Waals surface area contributed by atoms with Crippen molar-refractivity contribution < 1.29 is 13.5 Å². The SMILES string of the molecule is COc1ccc(/C=C/C(F)(F)Cc2ccccc2)cc1. The number of benzene rings is 2. The van der Waals surface area contributed by atoms with Gasteiger partial charge in [0.1, 0.15) is 5.75 Å². The van der Waals surface area contributed by atoms with E-state index >= 15 is 0 Å². The van der Waals surface area contributed by atoms with Gasteiger partial charge in [-0.2, -0.15) is 0 Å². The third kappa shape index (κ3) is 4.19.